The molecule has 0 saturated carbocycles. The maximum absolute atomic E-state index is 12.5. The summed E-state index contributed by atoms with van der Waals surface area (Å²) in [5.74, 6) is 0.588. The summed E-state index contributed by atoms with van der Waals surface area (Å²) >= 11 is 7.27. The summed E-state index contributed by atoms with van der Waals surface area (Å²) in [5, 5.41) is 4.14. The Morgan fingerprint density at radius 3 is 2.55 bits per heavy atom. The first-order valence-corrected chi connectivity index (χ1v) is 12.1. The molecule has 3 aromatic carbocycles. The van der Waals surface area contributed by atoms with E-state index in [4.69, 9.17) is 16.3 Å². The minimum Gasteiger partial charge on any atom is -0.489 e. The lowest BCUT2D eigenvalue weighted by Gasteiger charge is -2.07. The minimum atomic E-state index is -0.147. The van der Waals surface area contributed by atoms with Crippen molar-refractivity contribution in [3.63, 3.8) is 0 Å². The maximum atomic E-state index is 12.5. The van der Waals surface area contributed by atoms with Gasteiger partial charge in [0.15, 0.2) is 5.17 Å². The van der Waals surface area contributed by atoms with Crippen molar-refractivity contribution >= 4 is 46.2 Å². The van der Waals surface area contributed by atoms with Crippen molar-refractivity contribution in [2.24, 2.45) is 4.99 Å². The number of ether oxygens (including phenoxy) is 1. The van der Waals surface area contributed by atoms with Crippen LogP contribution >= 0.6 is 23.4 Å². The molecule has 168 valence electrons. The molecular weight excluding hydrogens is 452 g/mol. The summed E-state index contributed by atoms with van der Waals surface area (Å²) in [4.78, 5) is 17.6. The number of halogens is 1. The van der Waals surface area contributed by atoms with Crippen LogP contribution < -0.4 is 10.1 Å². The summed E-state index contributed by atoms with van der Waals surface area (Å²) in [6, 6.07) is 23.4. The first-order valence-electron chi connectivity index (χ1n) is 10.9. The Balaban J connectivity index is 1.40. The molecule has 4 nitrogen and oxygen atoms in total. The van der Waals surface area contributed by atoms with Crippen molar-refractivity contribution in [1.29, 1.82) is 0 Å². The molecule has 0 bridgehead atoms. The molecule has 0 unspecified atom stereocenters. The number of carbonyl (C=O) groups is 1. The van der Waals surface area contributed by atoms with Crippen molar-refractivity contribution in [1.82, 2.24) is 5.32 Å². The Kier molecular flexibility index (Phi) is 7.87. The summed E-state index contributed by atoms with van der Waals surface area (Å²) < 4.78 is 5.89. The number of nitrogens with one attached hydrogen (secondary N) is 1. The van der Waals surface area contributed by atoms with E-state index in [0.717, 1.165) is 29.0 Å². The minimum absolute atomic E-state index is 0.147. The van der Waals surface area contributed by atoms with Crippen molar-refractivity contribution in [2.45, 2.75) is 32.8 Å². The molecule has 3 aromatic rings. The van der Waals surface area contributed by atoms with Gasteiger partial charge in [0, 0.05) is 5.02 Å². The Morgan fingerprint density at radius 2 is 1.79 bits per heavy atom. The number of aryl methyl sites for hydroxylation is 1. The van der Waals surface area contributed by atoms with Crippen LogP contribution in [0.1, 0.15) is 36.5 Å². The average molecular weight is 477 g/mol. The van der Waals surface area contributed by atoms with Crippen molar-refractivity contribution in [3.05, 3.63) is 99.4 Å². The molecule has 1 amide bonds. The molecule has 4 rings (SSSR count). The lowest BCUT2D eigenvalue weighted by atomic mass is 10.1. The zero-order chi connectivity index (χ0) is 23.0. The maximum Gasteiger partial charge on any atom is 0.264 e. The summed E-state index contributed by atoms with van der Waals surface area (Å²) in [5.41, 5.74) is 4.07. The van der Waals surface area contributed by atoms with E-state index in [2.05, 4.69) is 29.4 Å². The molecule has 1 heterocycles. The Labute approximate surface area is 203 Å². The van der Waals surface area contributed by atoms with E-state index in [-0.39, 0.29) is 5.91 Å². The summed E-state index contributed by atoms with van der Waals surface area (Å²) in [7, 11) is 0. The highest BCUT2D eigenvalue weighted by atomic mass is 35.5. The fourth-order valence-corrected chi connectivity index (χ4v) is 4.28. The Bertz CT molecular complexity index is 1170. The van der Waals surface area contributed by atoms with Gasteiger partial charge in [0.25, 0.3) is 5.91 Å². The van der Waals surface area contributed by atoms with Crippen LogP contribution in [0.25, 0.3) is 6.08 Å². The third-order valence-electron chi connectivity index (χ3n) is 5.11. The van der Waals surface area contributed by atoms with Crippen LogP contribution in [0.4, 0.5) is 5.69 Å². The highest BCUT2D eigenvalue weighted by Crippen LogP contribution is 2.29. The predicted molar refractivity (Wildman–Crippen MR) is 138 cm³/mol. The quantitative estimate of drug-likeness (QED) is 0.351. The van der Waals surface area contributed by atoms with Gasteiger partial charge in [0.05, 0.1) is 10.6 Å². The number of hydrogen-bond acceptors (Lipinski definition) is 4. The largest absolute Gasteiger partial charge is 0.489 e. The number of amidine groups is 1. The van der Waals surface area contributed by atoms with E-state index in [1.54, 1.807) is 0 Å². The lowest BCUT2D eigenvalue weighted by Crippen LogP contribution is -2.19. The molecule has 1 saturated heterocycles. The van der Waals surface area contributed by atoms with Crippen LogP contribution in [0.3, 0.4) is 0 Å². The summed E-state index contributed by atoms with van der Waals surface area (Å²) in [6.07, 6.45) is 5.29. The highest BCUT2D eigenvalue weighted by Gasteiger charge is 2.23. The van der Waals surface area contributed by atoms with E-state index < -0.39 is 0 Å². The van der Waals surface area contributed by atoms with Crippen molar-refractivity contribution in [2.75, 3.05) is 0 Å². The van der Waals surface area contributed by atoms with Crippen LogP contribution in [-0.4, -0.2) is 11.1 Å². The number of benzene rings is 3. The molecule has 0 aliphatic carbocycles. The molecule has 0 radical (unpaired) electrons. The van der Waals surface area contributed by atoms with Crippen LogP contribution in [0.15, 0.2) is 82.7 Å². The van der Waals surface area contributed by atoms with Crippen LogP contribution in [0.2, 0.25) is 5.02 Å². The average Bonchev–Trinajstić information content (AvgIpc) is 3.17. The van der Waals surface area contributed by atoms with Gasteiger partial charge in [-0.25, -0.2) is 4.99 Å². The zero-order valence-electron chi connectivity index (χ0n) is 18.4. The molecule has 0 spiro atoms. The van der Waals surface area contributed by atoms with E-state index in [1.165, 1.54) is 30.2 Å². The first kappa shape index (κ1) is 23.1. The van der Waals surface area contributed by atoms with Crippen molar-refractivity contribution in [3.8, 4) is 5.75 Å². The fraction of sp³-hybridized carbons (Fsp3) is 0.185. The molecule has 33 heavy (non-hydrogen) atoms. The third kappa shape index (κ3) is 6.73. The van der Waals surface area contributed by atoms with Gasteiger partial charge in [-0.05, 0) is 83.8 Å². The second-order valence-corrected chi connectivity index (χ2v) is 9.21. The van der Waals surface area contributed by atoms with Crippen LogP contribution in [0.5, 0.6) is 5.75 Å². The molecule has 1 N–H and O–H groups in total. The van der Waals surface area contributed by atoms with Gasteiger partial charge in [-0.3, -0.25) is 4.79 Å². The van der Waals surface area contributed by atoms with Gasteiger partial charge in [0.2, 0.25) is 0 Å². The number of hydrogen-bond donors (Lipinski definition) is 1. The number of amides is 1. The van der Waals surface area contributed by atoms with E-state index in [9.17, 15) is 4.79 Å². The highest BCUT2D eigenvalue weighted by molar-refractivity contribution is 8.18. The van der Waals surface area contributed by atoms with E-state index in [0.29, 0.717) is 21.7 Å². The zero-order valence-corrected chi connectivity index (χ0v) is 20.0. The predicted octanol–water partition coefficient (Wildman–Crippen LogP) is 7.15. The normalized spacial score (nSPS) is 15.8. The van der Waals surface area contributed by atoms with Gasteiger partial charge >= 0.3 is 0 Å². The Hall–Kier alpha value is -3.02. The van der Waals surface area contributed by atoms with Gasteiger partial charge < -0.3 is 10.1 Å². The van der Waals surface area contributed by atoms with Crippen LogP contribution in [-0.2, 0) is 17.8 Å². The molecule has 6 heteroatoms. The molecule has 1 fully saturated rings. The first-order chi connectivity index (χ1) is 16.1. The van der Waals surface area contributed by atoms with Gasteiger partial charge in [-0.1, -0.05) is 61.3 Å². The Morgan fingerprint density at radius 1 is 1.03 bits per heavy atom. The molecule has 1 aliphatic heterocycles. The summed E-state index contributed by atoms with van der Waals surface area (Å²) in [6.45, 7) is 2.64. The standard InChI is InChI=1S/C27H25ClN2O2S/c1-2-3-5-19-10-14-23(15-11-19)29-27-30-26(31)25(33-27)17-21-6-4-7-24(16-21)32-18-20-8-12-22(28)13-9-20/h4,6-17H,2-3,5,18H2,1H3,(H,29,30,31)/b25-17-. The number of carbonyl (C=O) groups excluding carboxylic acids is 1. The number of thioether (sulfide) groups is 1. The molecular formula is C27H25ClN2O2S. The van der Waals surface area contributed by atoms with Gasteiger partial charge in [-0.2, -0.15) is 0 Å². The number of rotatable bonds is 8. The molecule has 1 aliphatic rings. The molecule has 0 aromatic heterocycles. The number of unbranched alkanes of at least 4 members (excludes halogenated alkanes) is 1. The van der Waals surface area contributed by atoms with E-state index >= 15 is 0 Å². The monoisotopic (exact) mass is 476 g/mol. The molecule has 0 atom stereocenters. The topological polar surface area (TPSA) is 50.7 Å². The third-order valence-corrected chi connectivity index (χ3v) is 6.27. The van der Waals surface area contributed by atoms with Gasteiger partial charge in [0.1, 0.15) is 12.4 Å². The smallest absolute Gasteiger partial charge is 0.264 e. The fourth-order valence-electron chi connectivity index (χ4n) is 3.31. The SMILES string of the molecule is CCCCc1ccc(N=C2NC(=O)/C(=C/c3cccc(OCc4ccc(Cl)cc4)c3)S2)cc1. The lowest BCUT2D eigenvalue weighted by molar-refractivity contribution is -0.115. The van der Waals surface area contributed by atoms with Crippen LogP contribution in [0, 0.1) is 0 Å². The number of nitrogens with zero attached hydrogens (tertiary/aromatic N) is 1. The van der Waals surface area contributed by atoms with Gasteiger partial charge in [-0.15, -0.1) is 0 Å². The van der Waals surface area contributed by atoms with E-state index in [1.807, 2.05) is 66.7 Å². The number of aliphatic imine (C=N–C) groups is 1. The van der Waals surface area contributed by atoms with Crippen molar-refractivity contribution < 1.29 is 9.53 Å². The second-order valence-electron chi connectivity index (χ2n) is 7.74. The second kappa shape index (κ2) is 11.2.